The number of hydrogen-bond acceptors (Lipinski definition) is 9. The summed E-state index contributed by atoms with van der Waals surface area (Å²) in [5, 5.41) is 20.1. The zero-order chi connectivity index (χ0) is 22.4. The van der Waals surface area contributed by atoms with Crippen molar-refractivity contribution in [1.82, 2.24) is 29.6 Å². The first kappa shape index (κ1) is 22.0. The summed E-state index contributed by atoms with van der Waals surface area (Å²) >= 11 is 0. The van der Waals surface area contributed by atoms with Gasteiger partial charge in [0, 0.05) is 55.4 Å². The maximum absolute atomic E-state index is 9.34. The molecule has 0 radical (unpaired) electrons. The van der Waals surface area contributed by atoms with Crippen molar-refractivity contribution in [1.29, 1.82) is 5.26 Å². The normalized spacial score (nSPS) is 11.8. The molecule has 3 rings (SSSR count). The number of aryl methyl sites for hydroxylation is 1. The fourth-order valence-corrected chi connectivity index (χ4v) is 3.12. The van der Waals surface area contributed by atoms with Crippen LogP contribution in [0.5, 0.6) is 5.88 Å². The highest BCUT2D eigenvalue weighted by atomic mass is 16.5. The molecule has 1 atom stereocenters. The lowest BCUT2D eigenvalue weighted by Gasteiger charge is -2.18. The van der Waals surface area contributed by atoms with Crippen molar-refractivity contribution in [3.63, 3.8) is 0 Å². The van der Waals surface area contributed by atoms with Crippen LogP contribution in [0.2, 0.25) is 0 Å². The summed E-state index contributed by atoms with van der Waals surface area (Å²) in [4.78, 5) is 15.1. The van der Waals surface area contributed by atoms with Crippen LogP contribution >= 0.6 is 0 Å². The number of anilines is 3. The number of aromatic nitrogens is 5. The molecular weight excluding hydrogens is 394 g/mol. The molecule has 10 heteroatoms. The van der Waals surface area contributed by atoms with Gasteiger partial charge in [0.25, 0.3) is 5.88 Å². The molecule has 0 saturated carbocycles. The average Bonchev–Trinajstić information content (AvgIpc) is 3.14. The van der Waals surface area contributed by atoms with Gasteiger partial charge in [0.1, 0.15) is 18.0 Å². The molecule has 0 fully saturated rings. The van der Waals surface area contributed by atoms with Crippen LogP contribution in [0.15, 0.2) is 30.9 Å². The van der Waals surface area contributed by atoms with E-state index in [-0.39, 0.29) is 17.7 Å². The predicted octanol–water partition coefficient (Wildman–Crippen LogP) is 2.65. The van der Waals surface area contributed by atoms with E-state index in [0.29, 0.717) is 18.2 Å². The van der Waals surface area contributed by atoms with Gasteiger partial charge < -0.3 is 20.3 Å². The number of ether oxygens (including phenoxy) is 1. The minimum atomic E-state index is -0.149. The van der Waals surface area contributed by atoms with Crippen molar-refractivity contribution in [2.24, 2.45) is 7.05 Å². The molecule has 0 aromatic carbocycles. The Bertz CT molecular complexity index is 1070. The minimum absolute atomic E-state index is 0.143. The largest absolute Gasteiger partial charge is 0.471 e. The van der Waals surface area contributed by atoms with Crippen LogP contribution in [0.3, 0.4) is 0 Å². The number of hydrogen-bond donors (Lipinski definition) is 2. The quantitative estimate of drug-likeness (QED) is 0.538. The number of nitriles is 1. The highest BCUT2D eigenvalue weighted by Gasteiger charge is 2.15. The Morgan fingerprint density at radius 1 is 1.23 bits per heavy atom. The lowest BCUT2D eigenvalue weighted by molar-refractivity contribution is 0.169. The Kier molecular flexibility index (Phi) is 6.99. The first-order valence-corrected chi connectivity index (χ1v) is 9.98. The molecule has 0 aliphatic heterocycles. The Hall–Kier alpha value is -3.71. The van der Waals surface area contributed by atoms with Crippen LogP contribution in [-0.4, -0.2) is 62.9 Å². The molecule has 1 unspecified atom stereocenters. The number of likely N-dealkylation sites (N-methyl/N-ethyl adjacent to an activating group) is 1. The molecule has 3 heterocycles. The zero-order valence-electron chi connectivity index (χ0n) is 18.4. The number of nitrogens with one attached hydrogen (secondary N) is 2. The molecule has 0 amide bonds. The second-order valence-electron chi connectivity index (χ2n) is 7.38. The molecule has 0 bridgehead atoms. The number of nitrogens with zero attached hydrogens (tertiary/aromatic N) is 7. The van der Waals surface area contributed by atoms with Crippen molar-refractivity contribution in [2.45, 2.75) is 20.0 Å². The summed E-state index contributed by atoms with van der Waals surface area (Å²) in [7, 11) is 5.79. The van der Waals surface area contributed by atoms with Crippen LogP contribution in [0.4, 0.5) is 17.3 Å². The number of pyridine rings is 1. The lowest BCUT2D eigenvalue weighted by atomic mass is 10.1. The number of rotatable bonds is 9. The van der Waals surface area contributed by atoms with Crippen LogP contribution in [0.1, 0.15) is 19.5 Å². The highest BCUT2D eigenvalue weighted by Crippen LogP contribution is 2.30. The van der Waals surface area contributed by atoms with Gasteiger partial charge in [-0.25, -0.2) is 9.97 Å². The minimum Gasteiger partial charge on any atom is -0.471 e. The van der Waals surface area contributed by atoms with Gasteiger partial charge in [-0.05, 0) is 27.9 Å². The summed E-state index contributed by atoms with van der Waals surface area (Å²) in [5.74, 6) is 1.23. The van der Waals surface area contributed by atoms with Crippen molar-refractivity contribution < 1.29 is 4.74 Å². The molecule has 3 aromatic heterocycles. The molecule has 0 spiro atoms. The van der Waals surface area contributed by atoms with Gasteiger partial charge in [-0.2, -0.15) is 15.3 Å². The van der Waals surface area contributed by atoms with Gasteiger partial charge in [-0.1, -0.05) is 0 Å². The second-order valence-corrected chi connectivity index (χ2v) is 7.38. The molecule has 0 aliphatic carbocycles. The Balaban J connectivity index is 1.85. The molecule has 10 nitrogen and oxygen atoms in total. The van der Waals surface area contributed by atoms with E-state index < -0.39 is 0 Å². The van der Waals surface area contributed by atoms with E-state index in [0.717, 1.165) is 23.4 Å². The Morgan fingerprint density at radius 3 is 2.68 bits per heavy atom. The van der Waals surface area contributed by atoms with E-state index in [9.17, 15) is 5.26 Å². The third-order valence-corrected chi connectivity index (χ3v) is 4.32. The zero-order valence-corrected chi connectivity index (χ0v) is 18.4. The van der Waals surface area contributed by atoms with E-state index in [1.807, 2.05) is 58.2 Å². The van der Waals surface area contributed by atoms with Gasteiger partial charge in [0.2, 0.25) is 5.69 Å². The van der Waals surface area contributed by atoms with Gasteiger partial charge in [0.15, 0.2) is 5.82 Å². The molecule has 0 saturated heterocycles. The fraction of sp³-hybridized carbons (Fsp3) is 0.381. The van der Waals surface area contributed by atoms with E-state index >= 15 is 0 Å². The summed E-state index contributed by atoms with van der Waals surface area (Å²) in [6.07, 6.45) is 6.87. The lowest BCUT2D eigenvalue weighted by Crippen LogP contribution is -2.28. The average molecular weight is 422 g/mol. The predicted molar refractivity (Wildman–Crippen MR) is 119 cm³/mol. The third kappa shape index (κ3) is 5.67. The molecule has 3 aromatic rings. The topological polar surface area (TPSA) is 117 Å². The van der Waals surface area contributed by atoms with Crippen LogP contribution in [0, 0.1) is 11.3 Å². The maximum Gasteiger partial charge on any atom is 0.253 e. The third-order valence-electron chi connectivity index (χ3n) is 4.32. The highest BCUT2D eigenvalue weighted by molar-refractivity contribution is 5.79. The van der Waals surface area contributed by atoms with E-state index in [1.165, 1.54) is 6.20 Å². The fourth-order valence-electron chi connectivity index (χ4n) is 3.12. The molecule has 0 aliphatic rings. The molecule has 162 valence electrons. The first-order valence-electron chi connectivity index (χ1n) is 9.98. The summed E-state index contributed by atoms with van der Waals surface area (Å²) in [6.45, 7) is 5.40. The Morgan fingerprint density at radius 2 is 2.03 bits per heavy atom. The van der Waals surface area contributed by atoms with Gasteiger partial charge in [-0.3, -0.25) is 4.68 Å². The summed E-state index contributed by atoms with van der Waals surface area (Å²) in [6, 6.07) is 3.93. The smallest absolute Gasteiger partial charge is 0.253 e. The van der Waals surface area contributed by atoms with E-state index in [1.54, 1.807) is 17.1 Å². The monoisotopic (exact) mass is 421 g/mol. The van der Waals surface area contributed by atoms with E-state index in [2.05, 4.69) is 30.7 Å². The standard InChI is InChI=1S/C21H27N9O/c1-6-23-17-7-19(25-10-16(17)15-9-26-30(5)13-15)27-20-11-24-18(8-22)21(28-20)31-14(2)12-29(3)4/h7,9-11,13-14H,6,12H2,1-5H3,(H2,23,25,27,28). The summed E-state index contributed by atoms with van der Waals surface area (Å²) in [5.41, 5.74) is 2.99. The van der Waals surface area contributed by atoms with Crippen molar-refractivity contribution in [3.05, 3.63) is 36.5 Å². The van der Waals surface area contributed by atoms with Gasteiger partial charge in [0.05, 0.1) is 12.4 Å². The van der Waals surface area contributed by atoms with Crippen molar-refractivity contribution in [2.75, 3.05) is 37.8 Å². The van der Waals surface area contributed by atoms with Crippen LogP contribution < -0.4 is 15.4 Å². The second kappa shape index (κ2) is 9.86. The Labute approximate surface area is 181 Å². The van der Waals surface area contributed by atoms with Gasteiger partial charge >= 0.3 is 0 Å². The summed E-state index contributed by atoms with van der Waals surface area (Å²) < 4.78 is 7.60. The van der Waals surface area contributed by atoms with Crippen molar-refractivity contribution >= 4 is 17.3 Å². The molecule has 31 heavy (non-hydrogen) atoms. The maximum atomic E-state index is 9.34. The van der Waals surface area contributed by atoms with Gasteiger partial charge in [-0.15, -0.1) is 0 Å². The molecule has 2 N–H and O–H groups in total. The molecular formula is C21H27N9O. The van der Waals surface area contributed by atoms with Crippen molar-refractivity contribution in [3.8, 4) is 23.1 Å². The SMILES string of the molecule is CCNc1cc(Nc2cnc(C#N)c(OC(C)CN(C)C)n2)ncc1-c1cnn(C)c1. The van der Waals surface area contributed by atoms with Crippen LogP contribution in [0.25, 0.3) is 11.1 Å². The van der Waals surface area contributed by atoms with E-state index in [4.69, 9.17) is 4.74 Å². The van der Waals surface area contributed by atoms with Crippen LogP contribution in [-0.2, 0) is 7.05 Å². The first-order chi connectivity index (χ1) is 14.9.